The first kappa shape index (κ1) is 18.1. The largest absolute Gasteiger partial charge is 0.493 e. The molecule has 0 saturated carbocycles. The fourth-order valence-electron chi connectivity index (χ4n) is 1.84. The van der Waals surface area contributed by atoms with Crippen LogP contribution in [0.3, 0.4) is 0 Å². The zero-order chi connectivity index (χ0) is 17.5. The summed E-state index contributed by atoms with van der Waals surface area (Å²) in [7, 11) is 1.55. The molecule has 1 heterocycles. The van der Waals surface area contributed by atoms with Gasteiger partial charge in [-0.1, -0.05) is 35.3 Å². The minimum Gasteiger partial charge on any atom is -0.493 e. The number of aromatic nitrogens is 2. The minimum atomic E-state index is -0.621. The Kier molecular flexibility index (Phi) is 6.45. The molecule has 1 aromatic carbocycles. The Morgan fingerprint density at radius 2 is 2.00 bits per heavy atom. The summed E-state index contributed by atoms with van der Waals surface area (Å²) in [6, 6.07) is 7.18. The number of ether oxygens (including phenoxy) is 2. The Morgan fingerprint density at radius 3 is 2.71 bits per heavy atom. The molecule has 128 valence electrons. The Bertz CT molecular complexity index is 780. The zero-order valence-electron chi connectivity index (χ0n) is 12.8. The lowest BCUT2D eigenvalue weighted by Gasteiger charge is -2.11. The molecule has 2 rings (SSSR count). The van der Waals surface area contributed by atoms with Crippen molar-refractivity contribution < 1.29 is 14.3 Å². The number of benzene rings is 1. The molecule has 1 N–H and O–H groups in total. The van der Waals surface area contributed by atoms with Gasteiger partial charge in [0.05, 0.1) is 24.9 Å². The van der Waals surface area contributed by atoms with Crippen molar-refractivity contribution in [2.75, 3.05) is 20.3 Å². The van der Waals surface area contributed by atoms with Crippen molar-refractivity contribution >= 4 is 29.1 Å². The van der Waals surface area contributed by atoms with Crippen molar-refractivity contribution in [3.63, 3.8) is 0 Å². The highest BCUT2D eigenvalue weighted by Gasteiger charge is 2.10. The van der Waals surface area contributed by atoms with E-state index in [0.717, 1.165) is 4.68 Å². The number of carbonyl (C=O) groups excluding carboxylic acids is 1. The van der Waals surface area contributed by atoms with Crippen molar-refractivity contribution in [2.45, 2.75) is 6.54 Å². The second-order valence-electron chi connectivity index (χ2n) is 4.62. The molecule has 0 bridgehead atoms. The minimum absolute atomic E-state index is 0.0449. The normalized spacial score (nSPS) is 10.3. The molecular weight excluding hydrogens is 357 g/mol. The molecule has 7 nitrogen and oxygen atoms in total. The summed E-state index contributed by atoms with van der Waals surface area (Å²) in [6.07, 6.45) is 1.21. The molecule has 24 heavy (non-hydrogen) atoms. The fraction of sp³-hybridized carbons (Fsp3) is 0.267. The van der Waals surface area contributed by atoms with E-state index in [-0.39, 0.29) is 29.7 Å². The van der Waals surface area contributed by atoms with Crippen molar-refractivity contribution in [3.05, 3.63) is 50.9 Å². The number of halogens is 2. The lowest BCUT2D eigenvalue weighted by molar-refractivity contribution is -0.122. The van der Waals surface area contributed by atoms with E-state index in [1.54, 1.807) is 19.2 Å². The molecule has 0 aliphatic carbocycles. The average Bonchev–Trinajstić information content (AvgIpc) is 2.59. The van der Waals surface area contributed by atoms with Gasteiger partial charge in [-0.2, -0.15) is 5.10 Å². The van der Waals surface area contributed by atoms with Crippen LogP contribution in [0.4, 0.5) is 0 Å². The zero-order valence-corrected chi connectivity index (χ0v) is 14.3. The second kappa shape index (κ2) is 8.56. The standard InChI is InChI=1S/C15H15Cl2N3O4/c1-23-11-4-2-3-5-12(11)24-7-6-18-13(21)9-20-15(22)14(17)10(16)8-19-20/h2-5,8H,6-7,9H2,1H3,(H,18,21). The smallest absolute Gasteiger partial charge is 0.287 e. The van der Waals surface area contributed by atoms with Crippen LogP contribution < -0.4 is 20.3 Å². The average molecular weight is 372 g/mol. The van der Waals surface area contributed by atoms with E-state index in [2.05, 4.69) is 10.4 Å². The molecule has 0 atom stereocenters. The molecule has 0 radical (unpaired) electrons. The summed E-state index contributed by atoms with van der Waals surface area (Å²) < 4.78 is 11.6. The van der Waals surface area contributed by atoms with Gasteiger partial charge in [0.2, 0.25) is 5.91 Å². The molecule has 0 saturated heterocycles. The van der Waals surface area contributed by atoms with Gasteiger partial charge in [0.1, 0.15) is 18.2 Å². The van der Waals surface area contributed by atoms with E-state index in [9.17, 15) is 9.59 Å². The first-order valence-corrected chi connectivity index (χ1v) is 7.72. The van der Waals surface area contributed by atoms with Crippen LogP contribution in [0.1, 0.15) is 0 Å². The maximum absolute atomic E-state index is 11.8. The number of rotatable bonds is 7. The van der Waals surface area contributed by atoms with Gasteiger partial charge < -0.3 is 14.8 Å². The number of carbonyl (C=O) groups is 1. The molecule has 1 aromatic heterocycles. The Morgan fingerprint density at radius 1 is 1.29 bits per heavy atom. The fourth-order valence-corrected chi connectivity index (χ4v) is 2.11. The number of amides is 1. The molecule has 0 spiro atoms. The van der Waals surface area contributed by atoms with E-state index in [1.807, 2.05) is 12.1 Å². The molecule has 2 aromatic rings. The van der Waals surface area contributed by atoms with E-state index in [4.69, 9.17) is 32.7 Å². The number of nitrogens with one attached hydrogen (secondary N) is 1. The first-order chi connectivity index (χ1) is 11.5. The number of methoxy groups -OCH3 is 1. The highest BCUT2D eigenvalue weighted by Crippen LogP contribution is 2.25. The predicted molar refractivity (Wildman–Crippen MR) is 90.0 cm³/mol. The molecular formula is C15H15Cl2N3O4. The summed E-state index contributed by atoms with van der Waals surface area (Å²) in [5.41, 5.74) is -0.621. The van der Waals surface area contributed by atoms with Crippen LogP contribution in [0.5, 0.6) is 11.5 Å². The highest BCUT2D eigenvalue weighted by molar-refractivity contribution is 6.41. The maximum atomic E-state index is 11.8. The Hall–Kier alpha value is -2.25. The summed E-state index contributed by atoms with van der Waals surface area (Å²) in [5.74, 6) is 0.790. The van der Waals surface area contributed by atoms with Gasteiger partial charge in [0.15, 0.2) is 11.5 Å². The molecule has 0 fully saturated rings. The molecule has 9 heteroatoms. The van der Waals surface area contributed by atoms with E-state index in [0.29, 0.717) is 11.5 Å². The van der Waals surface area contributed by atoms with Crippen molar-refractivity contribution in [2.24, 2.45) is 0 Å². The van der Waals surface area contributed by atoms with Crippen LogP contribution in [0.15, 0.2) is 35.3 Å². The summed E-state index contributed by atoms with van der Waals surface area (Å²) in [6.45, 7) is 0.243. The van der Waals surface area contributed by atoms with Gasteiger partial charge in [0.25, 0.3) is 5.56 Å². The number of hydrogen-bond donors (Lipinski definition) is 1. The first-order valence-electron chi connectivity index (χ1n) is 6.96. The van der Waals surface area contributed by atoms with Crippen LogP contribution in [-0.4, -0.2) is 35.9 Å². The van der Waals surface area contributed by atoms with Crippen LogP contribution in [-0.2, 0) is 11.3 Å². The third kappa shape index (κ3) is 4.62. The SMILES string of the molecule is COc1ccccc1OCCNC(=O)Cn1ncc(Cl)c(Cl)c1=O. The maximum Gasteiger partial charge on any atom is 0.287 e. The summed E-state index contributed by atoms with van der Waals surface area (Å²) in [4.78, 5) is 23.6. The third-order valence-corrected chi connectivity index (χ3v) is 3.74. The topological polar surface area (TPSA) is 82.4 Å². The van der Waals surface area contributed by atoms with Crippen LogP contribution in [0.2, 0.25) is 10.0 Å². The van der Waals surface area contributed by atoms with E-state index in [1.165, 1.54) is 6.20 Å². The van der Waals surface area contributed by atoms with Crippen LogP contribution in [0, 0.1) is 0 Å². The molecule has 0 unspecified atom stereocenters. The van der Waals surface area contributed by atoms with Gasteiger partial charge in [-0.15, -0.1) is 0 Å². The predicted octanol–water partition coefficient (Wildman–Crippen LogP) is 1.75. The lowest BCUT2D eigenvalue weighted by Crippen LogP contribution is -2.35. The van der Waals surface area contributed by atoms with Crippen molar-refractivity contribution in [1.29, 1.82) is 0 Å². The van der Waals surface area contributed by atoms with Crippen LogP contribution >= 0.6 is 23.2 Å². The van der Waals surface area contributed by atoms with Crippen molar-refractivity contribution in [1.82, 2.24) is 15.1 Å². The van der Waals surface area contributed by atoms with Gasteiger partial charge in [-0.25, -0.2) is 4.68 Å². The highest BCUT2D eigenvalue weighted by atomic mass is 35.5. The third-order valence-electron chi connectivity index (χ3n) is 2.99. The quantitative estimate of drug-likeness (QED) is 0.749. The lowest BCUT2D eigenvalue weighted by atomic mass is 10.3. The molecule has 1 amide bonds. The van der Waals surface area contributed by atoms with Gasteiger partial charge in [0, 0.05) is 0 Å². The number of para-hydroxylation sites is 2. The number of hydrogen-bond acceptors (Lipinski definition) is 5. The number of nitrogens with zero attached hydrogens (tertiary/aromatic N) is 2. The van der Waals surface area contributed by atoms with Gasteiger partial charge >= 0.3 is 0 Å². The van der Waals surface area contributed by atoms with Gasteiger partial charge in [-0.05, 0) is 12.1 Å². The Balaban J connectivity index is 1.82. The van der Waals surface area contributed by atoms with Crippen molar-refractivity contribution in [3.8, 4) is 11.5 Å². The molecule has 0 aliphatic heterocycles. The van der Waals surface area contributed by atoms with E-state index < -0.39 is 11.5 Å². The summed E-state index contributed by atoms with van der Waals surface area (Å²) >= 11 is 11.4. The van der Waals surface area contributed by atoms with Crippen LogP contribution in [0.25, 0.3) is 0 Å². The van der Waals surface area contributed by atoms with E-state index >= 15 is 0 Å². The van der Waals surface area contributed by atoms with Gasteiger partial charge in [-0.3, -0.25) is 9.59 Å². The molecule has 0 aliphatic rings. The summed E-state index contributed by atoms with van der Waals surface area (Å²) in [5, 5.41) is 6.25. The Labute approximate surface area is 148 Å². The second-order valence-corrected chi connectivity index (χ2v) is 5.40. The monoisotopic (exact) mass is 371 g/mol.